The van der Waals surface area contributed by atoms with Crippen molar-refractivity contribution in [1.82, 2.24) is 5.32 Å². The Balaban J connectivity index is 1.58. The number of halogens is 1. The van der Waals surface area contributed by atoms with Gasteiger partial charge < -0.3 is 5.32 Å². The van der Waals surface area contributed by atoms with Gasteiger partial charge in [-0.1, -0.05) is 71.2 Å². The van der Waals surface area contributed by atoms with Gasteiger partial charge in [0, 0.05) is 15.4 Å². The molecular weight excluding hydrogens is 448 g/mol. The highest BCUT2D eigenvalue weighted by molar-refractivity contribution is 9.10. The first kappa shape index (κ1) is 20.2. The molecule has 1 saturated carbocycles. The van der Waals surface area contributed by atoms with Crippen molar-refractivity contribution in [2.45, 2.75) is 43.0 Å². The zero-order valence-corrected chi connectivity index (χ0v) is 18.5. The number of nitrogens with zero attached hydrogens (tertiary/aromatic N) is 1. The molecule has 1 N–H and O–H groups in total. The van der Waals surface area contributed by atoms with Gasteiger partial charge in [-0.05, 0) is 48.7 Å². The number of carbonyl (C=O) groups is 2. The topological polar surface area (TPSA) is 49.4 Å². The molecule has 150 valence electrons. The molecule has 2 aromatic carbocycles. The van der Waals surface area contributed by atoms with Gasteiger partial charge in [0.05, 0.1) is 10.6 Å². The smallest absolute Gasteiger partial charge is 0.265 e. The molecule has 0 saturated heterocycles. The predicted octanol–water partition coefficient (Wildman–Crippen LogP) is 5.38. The summed E-state index contributed by atoms with van der Waals surface area (Å²) < 4.78 is 0.962. The molecule has 0 aromatic heterocycles. The van der Waals surface area contributed by atoms with Gasteiger partial charge in [0.15, 0.2) is 0 Å². The van der Waals surface area contributed by atoms with Crippen molar-refractivity contribution < 1.29 is 9.59 Å². The van der Waals surface area contributed by atoms with Crippen LogP contribution in [0.25, 0.3) is 6.08 Å². The summed E-state index contributed by atoms with van der Waals surface area (Å²) in [6.07, 6.45) is 7.50. The molecule has 0 atom stereocenters. The molecule has 6 heteroatoms. The van der Waals surface area contributed by atoms with Crippen LogP contribution in [0.4, 0.5) is 5.69 Å². The van der Waals surface area contributed by atoms with Gasteiger partial charge in [-0.15, -0.1) is 0 Å². The van der Waals surface area contributed by atoms with Crippen molar-refractivity contribution in [2.24, 2.45) is 0 Å². The number of rotatable bonds is 4. The fourth-order valence-electron chi connectivity index (χ4n) is 3.83. The molecule has 2 amide bonds. The molecule has 0 unspecified atom stereocenters. The lowest BCUT2D eigenvalue weighted by Crippen LogP contribution is -2.46. The normalized spacial score (nSPS) is 18.6. The summed E-state index contributed by atoms with van der Waals surface area (Å²) in [6.45, 7) is 0.0444. The Bertz CT molecular complexity index is 953. The Labute approximate surface area is 183 Å². The molecule has 2 aliphatic rings. The van der Waals surface area contributed by atoms with Crippen LogP contribution in [0, 0.1) is 0 Å². The van der Waals surface area contributed by atoms with Crippen LogP contribution in [0.3, 0.4) is 0 Å². The highest BCUT2D eigenvalue weighted by atomic mass is 79.9. The van der Waals surface area contributed by atoms with Gasteiger partial charge in [-0.2, -0.15) is 0 Å². The summed E-state index contributed by atoms with van der Waals surface area (Å²) in [5.74, 6) is -0.221. The van der Waals surface area contributed by atoms with Crippen LogP contribution < -0.4 is 10.2 Å². The van der Waals surface area contributed by atoms with E-state index in [4.69, 9.17) is 0 Å². The zero-order chi connectivity index (χ0) is 20.2. The Hall–Kier alpha value is -2.05. The molecule has 29 heavy (non-hydrogen) atoms. The first-order chi connectivity index (χ1) is 14.1. The lowest BCUT2D eigenvalue weighted by molar-refractivity contribution is -0.123. The van der Waals surface area contributed by atoms with Crippen LogP contribution >= 0.6 is 27.7 Å². The van der Waals surface area contributed by atoms with Crippen molar-refractivity contribution in [3.05, 3.63) is 63.5 Å². The summed E-state index contributed by atoms with van der Waals surface area (Å²) in [6, 6.07) is 15.8. The second kappa shape index (κ2) is 9.18. The number of amides is 2. The Kier molecular flexibility index (Phi) is 6.40. The van der Waals surface area contributed by atoms with E-state index in [0.717, 1.165) is 46.3 Å². The Morgan fingerprint density at radius 1 is 1.14 bits per heavy atom. The summed E-state index contributed by atoms with van der Waals surface area (Å²) >= 11 is 4.93. The van der Waals surface area contributed by atoms with Gasteiger partial charge in [-0.25, -0.2) is 0 Å². The quantitative estimate of drug-likeness (QED) is 0.610. The van der Waals surface area contributed by atoms with E-state index < -0.39 is 0 Å². The van der Waals surface area contributed by atoms with Crippen molar-refractivity contribution in [3.63, 3.8) is 0 Å². The van der Waals surface area contributed by atoms with Crippen LogP contribution in [0.2, 0.25) is 0 Å². The van der Waals surface area contributed by atoms with E-state index >= 15 is 0 Å². The van der Waals surface area contributed by atoms with E-state index in [9.17, 15) is 9.59 Å². The largest absolute Gasteiger partial charge is 0.352 e. The third-order valence-corrected chi connectivity index (χ3v) is 6.82. The zero-order valence-electron chi connectivity index (χ0n) is 16.1. The van der Waals surface area contributed by atoms with Crippen molar-refractivity contribution in [2.75, 3.05) is 11.4 Å². The second-order valence-electron chi connectivity index (χ2n) is 7.43. The minimum Gasteiger partial charge on any atom is -0.352 e. The Morgan fingerprint density at radius 2 is 1.93 bits per heavy atom. The average molecular weight is 471 g/mol. The highest BCUT2D eigenvalue weighted by Crippen LogP contribution is 2.42. The molecule has 1 heterocycles. The predicted molar refractivity (Wildman–Crippen MR) is 122 cm³/mol. The molecule has 1 aliphatic heterocycles. The minimum absolute atomic E-state index is 0.0444. The highest BCUT2D eigenvalue weighted by Gasteiger charge is 2.31. The van der Waals surface area contributed by atoms with E-state index in [0.29, 0.717) is 4.91 Å². The molecule has 4 rings (SSSR count). The van der Waals surface area contributed by atoms with E-state index in [1.165, 1.54) is 18.2 Å². The molecule has 0 spiro atoms. The third kappa shape index (κ3) is 4.93. The molecule has 1 fully saturated rings. The molecule has 0 radical (unpaired) electrons. The third-order valence-electron chi connectivity index (χ3n) is 5.25. The van der Waals surface area contributed by atoms with Crippen LogP contribution in [-0.4, -0.2) is 24.4 Å². The minimum atomic E-state index is -0.132. The summed E-state index contributed by atoms with van der Waals surface area (Å²) in [4.78, 5) is 29.2. The average Bonchev–Trinajstić information content (AvgIpc) is 2.72. The van der Waals surface area contributed by atoms with Crippen LogP contribution in [-0.2, 0) is 9.59 Å². The molecule has 2 aromatic rings. The maximum Gasteiger partial charge on any atom is 0.265 e. The van der Waals surface area contributed by atoms with E-state index in [2.05, 4.69) is 21.2 Å². The van der Waals surface area contributed by atoms with Crippen molar-refractivity contribution >= 4 is 51.3 Å². The number of benzene rings is 2. The van der Waals surface area contributed by atoms with Gasteiger partial charge in [-0.3, -0.25) is 14.5 Å². The van der Waals surface area contributed by atoms with E-state index in [1.807, 2.05) is 54.6 Å². The van der Waals surface area contributed by atoms with Crippen LogP contribution in [0.5, 0.6) is 0 Å². The fourth-order valence-corrected chi connectivity index (χ4v) is 5.31. The van der Waals surface area contributed by atoms with Crippen LogP contribution in [0.1, 0.15) is 37.7 Å². The Morgan fingerprint density at radius 3 is 2.72 bits per heavy atom. The van der Waals surface area contributed by atoms with Crippen molar-refractivity contribution in [1.29, 1.82) is 0 Å². The number of thioether (sulfide) groups is 1. The summed E-state index contributed by atoms with van der Waals surface area (Å²) in [7, 11) is 0. The maximum absolute atomic E-state index is 13.3. The number of nitrogens with one attached hydrogen (secondary N) is 1. The van der Waals surface area contributed by atoms with Gasteiger partial charge in [0.25, 0.3) is 5.91 Å². The molecule has 0 bridgehead atoms. The van der Waals surface area contributed by atoms with Crippen LogP contribution in [0.15, 0.2) is 62.8 Å². The van der Waals surface area contributed by atoms with E-state index in [1.54, 1.807) is 4.90 Å². The molecule has 1 aliphatic carbocycles. The maximum atomic E-state index is 13.3. The lowest BCUT2D eigenvalue weighted by atomic mass is 9.95. The van der Waals surface area contributed by atoms with Gasteiger partial charge in [0.1, 0.15) is 6.54 Å². The van der Waals surface area contributed by atoms with Gasteiger partial charge in [0.2, 0.25) is 5.91 Å². The van der Waals surface area contributed by atoms with Crippen molar-refractivity contribution in [3.8, 4) is 0 Å². The standard InChI is InChI=1S/C23H23BrN2O2S/c24-17-8-6-7-16(13-17)14-21-23(28)26(19-11-4-5-12-20(19)29-21)15-22(27)25-18-9-2-1-3-10-18/h4-8,11-14,18H,1-3,9-10,15H2,(H,25,27). The summed E-state index contributed by atoms with van der Waals surface area (Å²) in [5, 5.41) is 3.12. The molecule has 4 nitrogen and oxygen atoms in total. The first-order valence-electron chi connectivity index (χ1n) is 9.95. The summed E-state index contributed by atoms with van der Waals surface area (Å²) in [5.41, 5.74) is 1.74. The van der Waals surface area contributed by atoms with E-state index in [-0.39, 0.29) is 24.4 Å². The first-order valence-corrected chi connectivity index (χ1v) is 11.6. The SMILES string of the molecule is O=C(CN1C(=O)C(=Cc2cccc(Br)c2)Sc2ccccc21)NC1CCCCC1. The lowest BCUT2D eigenvalue weighted by Gasteiger charge is -2.31. The number of para-hydroxylation sites is 1. The molecular formula is C23H23BrN2O2S. The second-order valence-corrected chi connectivity index (χ2v) is 9.43. The fraction of sp³-hybridized carbons (Fsp3) is 0.304. The van der Waals surface area contributed by atoms with Gasteiger partial charge >= 0.3 is 0 Å². The number of hydrogen-bond donors (Lipinski definition) is 1. The monoisotopic (exact) mass is 470 g/mol. The number of carbonyl (C=O) groups excluding carboxylic acids is 2. The number of hydrogen-bond acceptors (Lipinski definition) is 3. The number of fused-ring (bicyclic) bond motifs is 1. The number of anilines is 1.